The number of aryl methyl sites for hydroxylation is 3. The van der Waals surface area contributed by atoms with Gasteiger partial charge in [0.25, 0.3) is 0 Å². The number of ketones is 1. The Bertz CT molecular complexity index is 684. The zero-order valence-corrected chi connectivity index (χ0v) is 13.2. The van der Waals surface area contributed by atoms with Crippen LogP contribution < -0.4 is 5.32 Å². The first-order chi connectivity index (χ1) is 9.99. The van der Waals surface area contributed by atoms with Gasteiger partial charge in [0.15, 0.2) is 5.78 Å². The molecule has 0 fully saturated rings. The zero-order chi connectivity index (χ0) is 15.4. The molecule has 108 valence electrons. The highest BCUT2D eigenvalue weighted by molar-refractivity contribution is 6.33. The topological polar surface area (TPSA) is 29.1 Å². The first-order valence-electron chi connectivity index (χ1n) is 6.79. The number of nitrogens with one attached hydrogen (secondary N) is 1. The number of carbonyl (C=O) groups excluding carboxylic acids is 1. The maximum Gasteiger partial charge on any atom is 0.187 e. The fourth-order valence-corrected chi connectivity index (χ4v) is 2.38. The van der Waals surface area contributed by atoms with Gasteiger partial charge < -0.3 is 5.32 Å². The lowest BCUT2D eigenvalue weighted by molar-refractivity contribution is 0.104. The molecule has 0 atom stereocenters. The minimum atomic E-state index is -0.0200. The van der Waals surface area contributed by atoms with Crippen LogP contribution in [0.15, 0.2) is 48.7 Å². The largest absolute Gasteiger partial charge is 0.360 e. The summed E-state index contributed by atoms with van der Waals surface area (Å²) < 4.78 is 0. The van der Waals surface area contributed by atoms with Crippen molar-refractivity contribution < 1.29 is 4.79 Å². The maximum absolute atomic E-state index is 12.2. The van der Waals surface area contributed by atoms with Gasteiger partial charge in [-0.05, 0) is 44.0 Å². The Balaban J connectivity index is 2.15. The van der Waals surface area contributed by atoms with E-state index in [2.05, 4.69) is 5.32 Å². The molecule has 0 aliphatic heterocycles. The summed E-state index contributed by atoms with van der Waals surface area (Å²) in [6, 6.07) is 11.5. The van der Waals surface area contributed by atoms with Crippen LogP contribution in [0.25, 0.3) is 0 Å². The minimum Gasteiger partial charge on any atom is -0.360 e. The molecule has 0 saturated carbocycles. The number of allylic oxidation sites excluding steroid dienone is 1. The number of rotatable bonds is 4. The van der Waals surface area contributed by atoms with Gasteiger partial charge >= 0.3 is 0 Å². The van der Waals surface area contributed by atoms with Gasteiger partial charge in [0.1, 0.15) is 0 Å². The van der Waals surface area contributed by atoms with Crippen molar-refractivity contribution in [1.29, 1.82) is 0 Å². The second kappa shape index (κ2) is 6.59. The minimum absolute atomic E-state index is 0.0200. The molecular formula is C18H18ClNO. The van der Waals surface area contributed by atoms with E-state index in [4.69, 9.17) is 11.6 Å². The summed E-state index contributed by atoms with van der Waals surface area (Å²) in [5.41, 5.74) is 4.64. The lowest BCUT2D eigenvalue weighted by Crippen LogP contribution is -2.00. The van der Waals surface area contributed by atoms with Crippen LogP contribution in [0.4, 0.5) is 5.69 Å². The fraction of sp³-hybridized carbons (Fsp3) is 0.167. The van der Waals surface area contributed by atoms with E-state index in [0.29, 0.717) is 5.02 Å². The number of benzene rings is 2. The second-order valence-electron chi connectivity index (χ2n) is 5.09. The summed E-state index contributed by atoms with van der Waals surface area (Å²) in [5.74, 6) is -0.0200. The average Bonchev–Trinajstić information content (AvgIpc) is 2.44. The molecule has 2 aromatic carbocycles. The molecule has 0 heterocycles. The standard InChI is InChI=1S/C18H18ClNO/c1-12-7-8-13(2)15(11-12)17(21)9-10-20-18-14(3)5-4-6-16(18)19/h4-11,20H,1-3H3. The van der Waals surface area contributed by atoms with Crippen molar-refractivity contribution in [2.75, 3.05) is 5.32 Å². The average molecular weight is 300 g/mol. The summed E-state index contributed by atoms with van der Waals surface area (Å²) in [5, 5.41) is 3.72. The Hall–Kier alpha value is -2.06. The van der Waals surface area contributed by atoms with Gasteiger partial charge in [0.05, 0.1) is 10.7 Å². The van der Waals surface area contributed by atoms with Crippen molar-refractivity contribution >= 4 is 23.1 Å². The first-order valence-corrected chi connectivity index (χ1v) is 7.16. The van der Waals surface area contributed by atoms with Crippen LogP contribution in [0.1, 0.15) is 27.0 Å². The number of anilines is 1. The monoisotopic (exact) mass is 299 g/mol. The summed E-state index contributed by atoms with van der Waals surface area (Å²) in [6.45, 7) is 5.88. The van der Waals surface area contributed by atoms with Crippen molar-refractivity contribution in [1.82, 2.24) is 0 Å². The Labute approximate surface area is 130 Å². The predicted molar refractivity (Wildman–Crippen MR) is 89.2 cm³/mol. The summed E-state index contributed by atoms with van der Waals surface area (Å²) in [6.07, 6.45) is 3.17. The normalized spacial score (nSPS) is 10.9. The molecule has 2 aromatic rings. The molecule has 0 unspecified atom stereocenters. The van der Waals surface area contributed by atoms with E-state index in [1.165, 1.54) is 6.08 Å². The Morgan fingerprint density at radius 2 is 1.86 bits per heavy atom. The Morgan fingerprint density at radius 1 is 1.10 bits per heavy atom. The van der Waals surface area contributed by atoms with E-state index >= 15 is 0 Å². The Kier molecular flexibility index (Phi) is 4.81. The molecule has 0 radical (unpaired) electrons. The third-order valence-electron chi connectivity index (χ3n) is 3.34. The molecule has 0 saturated heterocycles. The predicted octanol–water partition coefficient (Wildman–Crippen LogP) is 5.07. The van der Waals surface area contributed by atoms with Gasteiger partial charge in [-0.2, -0.15) is 0 Å². The van der Waals surface area contributed by atoms with Gasteiger partial charge in [0, 0.05) is 17.8 Å². The van der Waals surface area contributed by atoms with Gasteiger partial charge in [-0.25, -0.2) is 0 Å². The van der Waals surface area contributed by atoms with Crippen molar-refractivity contribution in [2.45, 2.75) is 20.8 Å². The number of hydrogen-bond donors (Lipinski definition) is 1. The second-order valence-corrected chi connectivity index (χ2v) is 5.50. The van der Waals surface area contributed by atoms with Crippen LogP contribution in [0, 0.1) is 20.8 Å². The lowest BCUT2D eigenvalue weighted by atomic mass is 10.0. The summed E-state index contributed by atoms with van der Waals surface area (Å²) >= 11 is 6.13. The van der Waals surface area contributed by atoms with Crippen LogP contribution in [-0.4, -0.2) is 5.78 Å². The Morgan fingerprint density at radius 3 is 2.57 bits per heavy atom. The maximum atomic E-state index is 12.2. The van der Waals surface area contributed by atoms with Gasteiger partial charge in [-0.1, -0.05) is 41.4 Å². The molecule has 0 bridgehead atoms. The van der Waals surface area contributed by atoms with Gasteiger partial charge in [-0.3, -0.25) is 4.79 Å². The quantitative estimate of drug-likeness (QED) is 0.630. The van der Waals surface area contributed by atoms with Crippen molar-refractivity contribution in [3.05, 3.63) is 76.0 Å². The molecule has 0 aliphatic rings. The molecular weight excluding hydrogens is 282 g/mol. The number of halogens is 1. The van der Waals surface area contributed by atoms with Crippen molar-refractivity contribution in [2.24, 2.45) is 0 Å². The molecule has 0 amide bonds. The van der Waals surface area contributed by atoms with Crippen molar-refractivity contribution in [3.8, 4) is 0 Å². The fourth-order valence-electron chi connectivity index (χ4n) is 2.11. The number of para-hydroxylation sites is 1. The highest BCUT2D eigenvalue weighted by Gasteiger charge is 2.06. The summed E-state index contributed by atoms with van der Waals surface area (Å²) in [7, 11) is 0. The number of hydrogen-bond acceptors (Lipinski definition) is 2. The molecule has 0 aliphatic carbocycles. The van der Waals surface area contributed by atoms with E-state index in [1.54, 1.807) is 6.20 Å². The van der Waals surface area contributed by atoms with E-state index in [0.717, 1.165) is 27.9 Å². The molecule has 0 spiro atoms. The zero-order valence-electron chi connectivity index (χ0n) is 12.4. The molecule has 1 N–H and O–H groups in total. The highest BCUT2D eigenvalue weighted by atomic mass is 35.5. The molecule has 21 heavy (non-hydrogen) atoms. The van der Waals surface area contributed by atoms with Crippen LogP contribution >= 0.6 is 11.6 Å². The third kappa shape index (κ3) is 3.73. The van der Waals surface area contributed by atoms with E-state index in [9.17, 15) is 4.79 Å². The summed E-state index contributed by atoms with van der Waals surface area (Å²) in [4.78, 5) is 12.2. The van der Waals surface area contributed by atoms with E-state index in [-0.39, 0.29) is 5.78 Å². The number of carbonyl (C=O) groups is 1. The molecule has 2 rings (SSSR count). The van der Waals surface area contributed by atoms with Crippen molar-refractivity contribution in [3.63, 3.8) is 0 Å². The van der Waals surface area contributed by atoms with Crippen LogP contribution in [0.5, 0.6) is 0 Å². The smallest absolute Gasteiger partial charge is 0.187 e. The van der Waals surface area contributed by atoms with Crippen LogP contribution in [0.3, 0.4) is 0 Å². The van der Waals surface area contributed by atoms with Crippen LogP contribution in [0.2, 0.25) is 5.02 Å². The van der Waals surface area contributed by atoms with E-state index in [1.807, 2.05) is 57.2 Å². The highest BCUT2D eigenvalue weighted by Crippen LogP contribution is 2.25. The molecule has 3 heteroatoms. The lowest BCUT2D eigenvalue weighted by Gasteiger charge is -2.07. The molecule has 2 nitrogen and oxygen atoms in total. The molecule has 0 aromatic heterocycles. The third-order valence-corrected chi connectivity index (χ3v) is 3.66. The van der Waals surface area contributed by atoms with E-state index < -0.39 is 0 Å². The van der Waals surface area contributed by atoms with Crippen LogP contribution in [-0.2, 0) is 0 Å². The first kappa shape index (κ1) is 15.3. The van der Waals surface area contributed by atoms with Gasteiger partial charge in [0.2, 0.25) is 0 Å². The SMILES string of the molecule is Cc1ccc(C)c(C(=O)C=CNc2c(C)cccc2Cl)c1. The van der Waals surface area contributed by atoms with Gasteiger partial charge in [-0.15, -0.1) is 0 Å².